The summed E-state index contributed by atoms with van der Waals surface area (Å²) >= 11 is 1.22. The van der Waals surface area contributed by atoms with Gasteiger partial charge in [-0.2, -0.15) is 4.98 Å². The predicted octanol–water partition coefficient (Wildman–Crippen LogP) is 1.12. The number of halogens is 1. The molecule has 1 aliphatic heterocycles. The van der Waals surface area contributed by atoms with Crippen LogP contribution in [0.3, 0.4) is 0 Å². The number of aromatic nitrogens is 4. The van der Waals surface area contributed by atoms with Crippen molar-refractivity contribution in [3.05, 3.63) is 58.7 Å². The minimum Gasteiger partial charge on any atom is -0.492 e. The number of nitrogens with zero attached hydrogens (tertiary/aromatic N) is 5. The second kappa shape index (κ2) is 7.79. The first kappa shape index (κ1) is 22.1. The molecule has 0 aliphatic carbocycles. The van der Waals surface area contributed by atoms with Gasteiger partial charge in [-0.25, -0.2) is 9.97 Å². The maximum absolute atomic E-state index is 12.5. The zero-order valence-electron chi connectivity index (χ0n) is 15.6. The highest BCUT2D eigenvalue weighted by molar-refractivity contribution is 14.1. The first-order valence-electron chi connectivity index (χ1n) is 8.83. The van der Waals surface area contributed by atoms with Crippen LogP contribution in [0.2, 0.25) is 0 Å². The molecule has 0 amide bonds. The number of fused-ring (bicyclic) bond motifs is 1. The topological polar surface area (TPSA) is 177 Å². The Morgan fingerprint density at radius 1 is 1.29 bits per heavy atom. The van der Waals surface area contributed by atoms with E-state index >= 15 is 0 Å². The minimum atomic E-state index is -2.63. The molecule has 14 heteroatoms. The Morgan fingerprint density at radius 2 is 2.00 bits per heavy atom. The molecule has 4 atom stereocenters. The lowest BCUT2D eigenvalue weighted by molar-refractivity contribution is -0.572. The van der Waals surface area contributed by atoms with Crippen molar-refractivity contribution in [2.24, 2.45) is 0 Å². The zero-order valence-corrected chi connectivity index (χ0v) is 18.5. The third-order valence-electron chi connectivity index (χ3n) is 5.31. The van der Waals surface area contributed by atoms with Crippen molar-refractivity contribution >= 4 is 45.8 Å². The van der Waals surface area contributed by atoms with Crippen molar-refractivity contribution in [2.45, 2.75) is 26.7 Å². The molecule has 0 spiro atoms. The number of aromatic hydroxyl groups is 1. The van der Waals surface area contributed by atoms with Crippen LogP contribution in [0.5, 0.6) is 5.88 Å². The number of hydrogen-bond acceptors (Lipinski definition) is 11. The van der Waals surface area contributed by atoms with Gasteiger partial charge < -0.3 is 24.6 Å². The third kappa shape index (κ3) is 2.93. The fourth-order valence-electron chi connectivity index (χ4n) is 3.91. The van der Waals surface area contributed by atoms with Crippen LogP contribution in [-0.4, -0.2) is 65.5 Å². The first-order valence-corrected chi connectivity index (χ1v) is 10.7. The molecule has 3 aromatic rings. The smallest absolute Gasteiger partial charge is 0.378 e. The molecule has 0 radical (unpaired) electrons. The standard InChI is InChI=1S/C17H16IN5O7S/c18-16(26)11(7-24)30-15(17(16,31-29)23(27)28,6-10-4-2-1-3-5-10)22-9-21-12-13(22)19-8-20-14(12)25/h1-5,8-9,11,24,26,29H,6-7H2,(H,19,20,25)/t11-,15-,16-,17+/m1/s1. The maximum atomic E-state index is 12.5. The number of nitro groups is 1. The summed E-state index contributed by atoms with van der Waals surface area (Å²) in [5, 5.41) is 43.7. The number of benzene rings is 1. The molecule has 31 heavy (non-hydrogen) atoms. The summed E-state index contributed by atoms with van der Waals surface area (Å²) in [7, 11) is 0. The normalized spacial score (nSPS) is 30.6. The van der Waals surface area contributed by atoms with Crippen molar-refractivity contribution in [1.29, 1.82) is 0 Å². The van der Waals surface area contributed by atoms with E-state index in [-0.39, 0.29) is 29.6 Å². The molecule has 0 saturated carbocycles. The highest BCUT2D eigenvalue weighted by atomic mass is 127. The molecular weight excluding hydrogens is 545 g/mol. The summed E-state index contributed by atoms with van der Waals surface area (Å²) in [5.74, 6) is -0.455. The Labute approximate surface area is 192 Å². The lowest BCUT2D eigenvalue weighted by Gasteiger charge is -2.39. The van der Waals surface area contributed by atoms with Gasteiger partial charge in [0.1, 0.15) is 12.4 Å². The molecule has 0 bridgehead atoms. The van der Waals surface area contributed by atoms with Crippen LogP contribution in [-0.2, 0) is 16.9 Å². The van der Waals surface area contributed by atoms with Crippen molar-refractivity contribution in [3.8, 4) is 5.88 Å². The monoisotopic (exact) mass is 561 g/mol. The molecule has 1 fully saturated rings. The minimum absolute atomic E-state index is 0.0190. The number of hydrogen-bond donors (Lipinski definition) is 4. The number of rotatable bonds is 6. The van der Waals surface area contributed by atoms with E-state index in [0.717, 1.165) is 12.7 Å². The summed E-state index contributed by atoms with van der Waals surface area (Å²) < 4.78 is 15.2. The van der Waals surface area contributed by atoms with Crippen LogP contribution in [0.1, 0.15) is 5.56 Å². The Kier molecular flexibility index (Phi) is 5.55. The molecule has 1 aliphatic rings. The van der Waals surface area contributed by atoms with Gasteiger partial charge in [0, 0.05) is 11.3 Å². The molecule has 164 valence electrons. The van der Waals surface area contributed by atoms with E-state index in [1.54, 1.807) is 30.3 Å². The summed E-state index contributed by atoms with van der Waals surface area (Å²) in [4.78, 5) is 20.8. The largest absolute Gasteiger partial charge is 0.492 e. The second-order valence-corrected chi connectivity index (χ2v) is 9.30. The fourth-order valence-corrected chi connectivity index (χ4v) is 5.83. The van der Waals surface area contributed by atoms with Crippen LogP contribution >= 0.6 is 34.6 Å². The van der Waals surface area contributed by atoms with Gasteiger partial charge in [0.05, 0.1) is 25.0 Å². The van der Waals surface area contributed by atoms with E-state index in [1.165, 1.54) is 27.2 Å². The Hall–Kier alpha value is -2.11. The average molecular weight is 561 g/mol. The maximum Gasteiger partial charge on any atom is 0.378 e. The van der Waals surface area contributed by atoms with Crippen molar-refractivity contribution < 1.29 is 29.5 Å². The zero-order chi connectivity index (χ0) is 22.4. The van der Waals surface area contributed by atoms with E-state index in [9.17, 15) is 30.0 Å². The number of alkyl halides is 1. The van der Waals surface area contributed by atoms with Crippen LogP contribution in [0.15, 0.2) is 43.0 Å². The van der Waals surface area contributed by atoms with Crippen molar-refractivity contribution in [2.75, 3.05) is 6.61 Å². The number of aliphatic hydroxyl groups is 2. The van der Waals surface area contributed by atoms with Crippen LogP contribution in [0.4, 0.5) is 0 Å². The van der Waals surface area contributed by atoms with Crippen molar-refractivity contribution in [3.63, 3.8) is 0 Å². The molecule has 1 aromatic carbocycles. The molecular formula is C17H16IN5O7S. The fraction of sp³-hybridized carbons (Fsp3) is 0.353. The molecule has 4 N–H and O–H groups in total. The number of imidazole rings is 1. The van der Waals surface area contributed by atoms with Gasteiger partial charge in [-0.3, -0.25) is 14.7 Å². The Morgan fingerprint density at radius 3 is 2.61 bits per heavy atom. The summed E-state index contributed by atoms with van der Waals surface area (Å²) in [6.07, 6.45) is 0.541. The van der Waals surface area contributed by atoms with E-state index < -0.39 is 37.7 Å². The number of ether oxygens (including phenoxy) is 1. The quantitative estimate of drug-likeness (QED) is 0.0847. The lowest BCUT2D eigenvalue weighted by Crippen LogP contribution is -2.64. The van der Waals surface area contributed by atoms with Gasteiger partial charge in [0.2, 0.25) is 15.2 Å². The predicted molar refractivity (Wildman–Crippen MR) is 116 cm³/mol. The van der Waals surface area contributed by atoms with Crippen molar-refractivity contribution in [1.82, 2.24) is 19.5 Å². The molecule has 12 nitrogen and oxygen atoms in total. The average Bonchev–Trinajstić information content (AvgIpc) is 3.25. The summed E-state index contributed by atoms with van der Waals surface area (Å²) in [6.45, 7) is -0.765. The van der Waals surface area contributed by atoms with Gasteiger partial charge in [-0.1, -0.05) is 30.3 Å². The second-order valence-electron chi connectivity index (χ2n) is 6.89. The van der Waals surface area contributed by atoms with Gasteiger partial charge >= 0.3 is 4.87 Å². The lowest BCUT2D eigenvalue weighted by atomic mass is 9.92. The number of aliphatic hydroxyl groups excluding tert-OH is 1. The van der Waals surface area contributed by atoms with Gasteiger partial charge in [-0.05, 0) is 28.2 Å². The first-order chi connectivity index (χ1) is 14.7. The molecule has 4 rings (SSSR count). The van der Waals surface area contributed by atoms with E-state index in [2.05, 4.69) is 15.0 Å². The van der Waals surface area contributed by atoms with Gasteiger partial charge in [-0.15, -0.1) is 0 Å². The van der Waals surface area contributed by atoms with Crippen LogP contribution < -0.4 is 0 Å². The SMILES string of the molecule is O=[N+]([O-])[C@@]1(SO)[C@@](O)(I)[C@@H](CO)O[C@@]1(Cc1ccccc1)n1cnc2c(O)ncnc21. The van der Waals surface area contributed by atoms with E-state index in [1.807, 2.05) is 0 Å². The highest BCUT2D eigenvalue weighted by Gasteiger charge is 2.84. The molecule has 2 aromatic heterocycles. The van der Waals surface area contributed by atoms with E-state index in [0.29, 0.717) is 5.56 Å². The van der Waals surface area contributed by atoms with E-state index in [4.69, 9.17) is 4.74 Å². The molecule has 0 unspecified atom stereocenters. The van der Waals surface area contributed by atoms with Gasteiger partial charge in [0.15, 0.2) is 11.2 Å². The highest BCUT2D eigenvalue weighted by Crippen LogP contribution is 2.61. The summed E-state index contributed by atoms with van der Waals surface area (Å²) in [6, 6.07) is 8.59. The van der Waals surface area contributed by atoms with Crippen LogP contribution in [0, 0.1) is 10.1 Å². The molecule has 3 heterocycles. The Bertz CT molecular complexity index is 1130. The third-order valence-corrected chi connectivity index (χ3v) is 8.20. The summed E-state index contributed by atoms with van der Waals surface area (Å²) in [5.41, 5.74) is -1.61. The van der Waals surface area contributed by atoms with Crippen LogP contribution in [0.25, 0.3) is 11.2 Å². The Balaban J connectivity index is 2.09. The van der Waals surface area contributed by atoms with Gasteiger partial charge in [0.25, 0.3) is 0 Å². The molecule has 1 saturated heterocycles.